The first-order valence-electron chi connectivity index (χ1n) is 8.40. The van der Waals surface area contributed by atoms with Gasteiger partial charge in [-0.25, -0.2) is 0 Å². The molecule has 0 saturated heterocycles. The molecule has 1 saturated carbocycles. The first-order chi connectivity index (χ1) is 12.0. The molecule has 1 amide bonds. The predicted molar refractivity (Wildman–Crippen MR) is 98.0 cm³/mol. The predicted octanol–water partition coefficient (Wildman–Crippen LogP) is 4.13. The molecule has 1 aliphatic rings. The fourth-order valence-electron chi connectivity index (χ4n) is 3.12. The van der Waals surface area contributed by atoms with E-state index in [0.29, 0.717) is 18.4 Å². The van der Waals surface area contributed by atoms with E-state index in [4.69, 9.17) is 5.11 Å². The summed E-state index contributed by atoms with van der Waals surface area (Å²) >= 11 is 1.57. The second-order valence-electron chi connectivity index (χ2n) is 6.43. The van der Waals surface area contributed by atoms with Crippen molar-refractivity contribution in [1.82, 2.24) is 5.32 Å². The lowest BCUT2D eigenvalue weighted by molar-refractivity contribution is -0.141. The number of aliphatic carboxylic acids is 1. The second-order valence-corrected chi connectivity index (χ2v) is 7.55. The zero-order valence-corrected chi connectivity index (χ0v) is 14.9. The summed E-state index contributed by atoms with van der Waals surface area (Å²) in [7, 11) is 0. The number of rotatable bonds is 5. The minimum atomic E-state index is -0.771. The number of carbonyl (C=O) groups is 2. The zero-order valence-electron chi connectivity index (χ0n) is 14.1. The highest BCUT2D eigenvalue weighted by Crippen LogP contribution is 2.32. The summed E-state index contributed by atoms with van der Waals surface area (Å²) in [4.78, 5) is 25.8. The van der Waals surface area contributed by atoms with Crippen LogP contribution in [0, 0.1) is 12.8 Å². The third-order valence-corrected chi connectivity index (χ3v) is 5.54. The Morgan fingerprint density at radius 2 is 1.88 bits per heavy atom. The summed E-state index contributed by atoms with van der Waals surface area (Å²) in [5, 5.41) is 12.1. The lowest BCUT2D eigenvalue weighted by Gasteiger charge is -2.15. The number of carbonyl (C=O) groups excluding carboxylic acids is 1. The average Bonchev–Trinajstić information content (AvgIpc) is 3.04. The molecule has 25 heavy (non-hydrogen) atoms. The second kappa shape index (κ2) is 7.74. The lowest BCUT2D eigenvalue weighted by Crippen LogP contribution is -2.33. The van der Waals surface area contributed by atoms with Crippen LogP contribution in [-0.4, -0.2) is 23.0 Å². The summed E-state index contributed by atoms with van der Waals surface area (Å²) in [6.07, 6.45) is 1.85. The van der Waals surface area contributed by atoms with Crippen LogP contribution in [0.25, 0.3) is 0 Å². The van der Waals surface area contributed by atoms with Crippen LogP contribution in [0.2, 0.25) is 0 Å². The normalized spacial score (nSPS) is 19.6. The van der Waals surface area contributed by atoms with E-state index in [1.807, 2.05) is 55.5 Å². The van der Waals surface area contributed by atoms with Crippen molar-refractivity contribution in [3.63, 3.8) is 0 Å². The Hall–Kier alpha value is -2.27. The van der Waals surface area contributed by atoms with Crippen LogP contribution in [0.15, 0.2) is 58.3 Å². The van der Waals surface area contributed by atoms with Crippen LogP contribution >= 0.6 is 11.8 Å². The molecule has 2 atom stereocenters. The molecule has 0 heterocycles. The van der Waals surface area contributed by atoms with E-state index in [0.717, 1.165) is 21.8 Å². The van der Waals surface area contributed by atoms with Gasteiger partial charge in [0.2, 0.25) is 0 Å². The lowest BCUT2D eigenvalue weighted by atomic mass is 10.1. The van der Waals surface area contributed by atoms with Gasteiger partial charge < -0.3 is 10.4 Å². The molecule has 0 unspecified atom stereocenters. The quantitative estimate of drug-likeness (QED) is 0.846. The van der Waals surface area contributed by atoms with Gasteiger partial charge in [0.25, 0.3) is 5.91 Å². The molecule has 5 heteroatoms. The number of aryl methyl sites for hydroxylation is 1. The van der Waals surface area contributed by atoms with Crippen molar-refractivity contribution in [1.29, 1.82) is 0 Å². The molecule has 1 aliphatic carbocycles. The number of hydrogen-bond donors (Lipinski definition) is 2. The van der Waals surface area contributed by atoms with Crippen LogP contribution in [0.1, 0.15) is 35.2 Å². The molecule has 0 radical (unpaired) electrons. The summed E-state index contributed by atoms with van der Waals surface area (Å²) < 4.78 is 0. The summed E-state index contributed by atoms with van der Waals surface area (Å²) in [6, 6.07) is 15.7. The van der Waals surface area contributed by atoms with Gasteiger partial charge in [0.05, 0.1) is 11.5 Å². The molecular formula is C20H21NO3S. The van der Waals surface area contributed by atoms with E-state index in [1.165, 1.54) is 0 Å². The maximum Gasteiger partial charge on any atom is 0.306 e. The molecule has 1 fully saturated rings. The van der Waals surface area contributed by atoms with Crippen molar-refractivity contribution in [3.8, 4) is 0 Å². The van der Waals surface area contributed by atoms with E-state index in [-0.39, 0.29) is 17.9 Å². The number of nitrogens with one attached hydrogen (secondary N) is 1. The minimum absolute atomic E-state index is 0.0653. The van der Waals surface area contributed by atoms with Crippen molar-refractivity contribution < 1.29 is 14.7 Å². The summed E-state index contributed by atoms with van der Waals surface area (Å²) in [6.45, 7) is 2.01. The monoisotopic (exact) mass is 355 g/mol. The van der Waals surface area contributed by atoms with Gasteiger partial charge in [0.15, 0.2) is 0 Å². The first-order valence-corrected chi connectivity index (χ1v) is 9.22. The molecule has 2 N–H and O–H groups in total. The maximum absolute atomic E-state index is 12.7. The summed E-state index contributed by atoms with van der Waals surface area (Å²) in [5.74, 6) is -1.25. The molecule has 2 aromatic carbocycles. The fourth-order valence-corrected chi connectivity index (χ4v) is 4.18. The SMILES string of the molecule is Cc1ccc(C(=O)N[C@@H]2CC[C@H](C(=O)O)C2)c(Sc2ccccc2)c1. The Morgan fingerprint density at radius 1 is 1.12 bits per heavy atom. The summed E-state index contributed by atoms with van der Waals surface area (Å²) in [5.41, 5.74) is 1.74. The van der Waals surface area contributed by atoms with Crippen LogP contribution in [0.5, 0.6) is 0 Å². The topological polar surface area (TPSA) is 66.4 Å². The van der Waals surface area contributed by atoms with E-state index < -0.39 is 5.97 Å². The Bertz CT molecular complexity index is 776. The highest BCUT2D eigenvalue weighted by atomic mass is 32.2. The third-order valence-electron chi connectivity index (χ3n) is 4.47. The molecule has 0 bridgehead atoms. The van der Waals surface area contributed by atoms with E-state index >= 15 is 0 Å². The Balaban J connectivity index is 1.75. The number of benzene rings is 2. The highest BCUT2D eigenvalue weighted by molar-refractivity contribution is 7.99. The largest absolute Gasteiger partial charge is 0.481 e. The fraction of sp³-hybridized carbons (Fsp3) is 0.300. The number of amides is 1. The molecule has 130 valence electrons. The van der Waals surface area contributed by atoms with E-state index in [9.17, 15) is 9.59 Å². The van der Waals surface area contributed by atoms with Gasteiger partial charge in [-0.1, -0.05) is 36.0 Å². The average molecular weight is 355 g/mol. The maximum atomic E-state index is 12.7. The molecule has 2 aromatic rings. The molecule has 3 rings (SSSR count). The molecular weight excluding hydrogens is 334 g/mol. The zero-order chi connectivity index (χ0) is 17.8. The van der Waals surface area contributed by atoms with Crippen molar-refractivity contribution in [3.05, 3.63) is 59.7 Å². The smallest absolute Gasteiger partial charge is 0.306 e. The minimum Gasteiger partial charge on any atom is -0.481 e. The van der Waals surface area contributed by atoms with Crippen LogP contribution < -0.4 is 5.32 Å². The molecule has 0 aromatic heterocycles. The van der Waals surface area contributed by atoms with Crippen LogP contribution in [-0.2, 0) is 4.79 Å². The van der Waals surface area contributed by atoms with Crippen molar-refractivity contribution in [2.45, 2.75) is 42.0 Å². The number of hydrogen-bond acceptors (Lipinski definition) is 3. The van der Waals surface area contributed by atoms with Gasteiger partial charge in [-0.05, 0) is 56.0 Å². The molecule has 0 spiro atoms. The standard InChI is InChI=1S/C20H21NO3S/c1-13-7-10-17(18(11-13)25-16-5-3-2-4-6-16)19(22)21-15-9-8-14(12-15)20(23)24/h2-7,10-11,14-15H,8-9,12H2,1H3,(H,21,22)(H,23,24)/t14-,15+/m0/s1. The highest BCUT2D eigenvalue weighted by Gasteiger charge is 2.31. The van der Waals surface area contributed by atoms with Crippen molar-refractivity contribution in [2.24, 2.45) is 5.92 Å². The van der Waals surface area contributed by atoms with E-state index in [1.54, 1.807) is 11.8 Å². The van der Waals surface area contributed by atoms with Gasteiger partial charge in [0, 0.05) is 15.8 Å². The Labute approximate surface area is 151 Å². The van der Waals surface area contributed by atoms with E-state index in [2.05, 4.69) is 5.32 Å². The van der Waals surface area contributed by atoms with Gasteiger partial charge >= 0.3 is 5.97 Å². The van der Waals surface area contributed by atoms with Crippen LogP contribution in [0.4, 0.5) is 0 Å². The Kier molecular flexibility index (Phi) is 5.43. The molecule has 4 nitrogen and oxygen atoms in total. The van der Waals surface area contributed by atoms with Gasteiger partial charge in [-0.3, -0.25) is 9.59 Å². The number of carboxylic acids is 1. The van der Waals surface area contributed by atoms with Crippen molar-refractivity contribution >= 4 is 23.6 Å². The third kappa shape index (κ3) is 4.42. The number of carboxylic acid groups (broad SMARTS) is 1. The first kappa shape index (κ1) is 17.5. The Morgan fingerprint density at radius 3 is 2.56 bits per heavy atom. The van der Waals surface area contributed by atoms with Gasteiger partial charge in [0.1, 0.15) is 0 Å². The van der Waals surface area contributed by atoms with Crippen LogP contribution in [0.3, 0.4) is 0 Å². The van der Waals surface area contributed by atoms with Gasteiger partial charge in [-0.15, -0.1) is 0 Å². The molecule has 0 aliphatic heterocycles. The van der Waals surface area contributed by atoms with Crippen molar-refractivity contribution in [2.75, 3.05) is 0 Å². The van der Waals surface area contributed by atoms with Gasteiger partial charge in [-0.2, -0.15) is 0 Å².